The Bertz CT molecular complexity index is 1440. The first kappa shape index (κ1) is 22.4. The van der Waals surface area contributed by atoms with Gasteiger partial charge in [0, 0.05) is 35.0 Å². The van der Waals surface area contributed by atoms with Gasteiger partial charge >= 0.3 is 0 Å². The molecule has 0 spiro atoms. The molecule has 1 aliphatic rings. The number of fused-ring (bicyclic) bond motifs is 1. The number of ether oxygens (including phenoxy) is 1. The summed E-state index contributed by atoms with van der Waals surface area (Å²) in [6.45, 7) is 3.87. The van der Waals surface area contributed by atoms with Gasteiger partial charge in [0.05, 0.1) is 5.57 Å². The number of hydrogen-bond donors (Lipinski definition) is 2. The van der Waals surface area contributed by atoms with Crippen LogP contribution in [-0.2, 0) is 11.2 Å². The van der Waals surface area contributed by atoms with Crippen LogP contribution in [0.4, 0.5) is 0 Å². The molecular weight excluding hydrogens is 436 g/mol. The Labute approximate surface area is 204 Å². The molecule has 1 aliphatic heterocycles. The second kappa shape index (κ2) is 9.11. The molecule has 2 heterocycles. The van der Waals surface area contributed by atoms with Gasteiger partial charge in [-0.25, -0.2) is 0 Å². The molecular formula is C30H26N2O3. The molecule has 5 heteroatoms. The Kier molecular flexibility index (Phi) is 5.83. The van der Waals surface area contributed by atoms with Crippen LogP contribution in [0.5, 0.6) is 11.5 Å². The molecule has 0 fully saturated rings. The number of nitrogens with zero attached hydrogens (tertiary/aromatic N) is 1. The lowest BCUT2D eigenvalue weighted by molar-refractivity contribution is -0.115. The summed E-state index contributed by atoms with van der Waals surface area (Å²) in [5.74, 6) is 0.256. The molecule has 4 aromatic rings. The quantitative estimate of drug-likeness (QED) is 0.415. The van der Waals surface area contributed by atoms with Gasteiger partial charge in [-0.15, -0.1) is 0 Å². The number of primary amides is 1. The highest BCUT2D eigenvalue weighted by Crippen LogP contribution is 2.44. The van der Waals surface area contributed by atoms with Gasteiger partial charge in [0.1, 0.15) is 17.6 Å². The van der Waals surface area contributed by atoms with Gasteiger partial charge in [-0.2, -0.15) is 0 Å². The summed E-state index contributed by atoms with van der Waals surface area (Å²) in [4.78, 5) is 17.1. The maximum atomic E-state index is 12.7. The van der Waals surface area contributed by atoms with Crippen LogP contribution in [0.1, 0.15) is 34.9 Å². The van der Waals surface area contributed by atoms with Crippen molar-refractivity contribution in [2.24, 2.45) is 5.73 Å². The van der Waals surface area contributed by atoms with E-state index in [9.17, 15) is 9.90 Å². The number of benzene rings is 3. The second-order valence-electron chi connectivity index (χ2n) is 8.79. The smallest absolute Gasteiger partial charge is 0.249 e. The molecule has 1 aromatic heterocycles. The molecule has 5 nitrogen and oxygen atoms in total. The van der Waals surface area contributed by atoms with Crippen molar-refractivity contribution in [3.8, 4) is 22.6 Å². The van der Waals surface area contributed by atoms with Gasteiger partial charge < -0.3 is 15.6 Å². The zero-order chi connectivity index (χ0) is 24.5. The highest BCUT2D eigenvalue weighted by atomic mass is 16.5. The molecule has 5 rings (SSSR count). The molecule has 1 atom stereocenters. The first-order valence-electron chi connectivity index (χ1n) is 11.6. The molecule has 0 bridgehead atoms. The van der Waals surface area contributed by atoms with Crippen molar-refractivity contribution in [1.82, 2.24) is 4.98 Å². The number of amides is 1. The number of aromatic hydroxyl groups is 1. The Hall–Kier alpha value is -4.38. The first-order chi connectivity index (χ1) is 16.9. The van der Waals surface area contributed by atoms with Crippen molar-refractivity contribution in [2.75, 3.05) is 0 Å². The van der Waals surface area contributed by atoms with Crippen LogP contribution < -0.4 is 10.5 Å². The summed E-state index contributed by atoms with van der Waals surface area (Å²) in [5.41, 5.74) is 13.2. The van der Waals surface area contributed by atoms with Crippen molar-refractivity contribution >= 4 is 11.5 Å². The van der Waals surface area contributed by atoms with Gasteiger partial charge in [0.2, 0.25) is 5.91 Å². The number of carbonyl (C=O) groups excluding carboxylic acids is 1. The van der Waals surface area contributed by atoms with E-state index in [0.717, 1.165) is 27.9 Å². The lowest BCUT2D eigenvalue weighted by Gasteiger charge is -2.29. The number of pyridine rings is 1. The molecule has 35 heavy (non-hydrogen) atoms. The van der Waals surface area contributed by atoms with Crippen LogP contribution in [0, 0.1) is 6.92 Å². The largest absolute Gasteiger partial charge is 0.508 e. The summed E-state index contributed by atoms with van der Waals surface area (Å²) in [6, 6.07) is 25.3. The maximum Gasteiger partial charge on any atom is 0.249 e. The molecule has 0 saturated heterocycles. The van der Waals surface area contributed by atoms with Gasteiger partial charge in [-0.05, 0) is 60.9 Å². The normalized spacial score (nSPS) is 14.9. The third kappa shape index (κ3) is 4.28. The number of hydrogen-bond acceptors (Lipinski definition) is 4. The van der Waals surface area contributed by atoms with Crippen LogP contribution in [-0.4, -0.2) is 22.1 Å². The van der Waals surface area contributed by atoms with Crippen LogP contribution in [0.15, 0.2) is 90.6 Å². The summed E-state index contributed by atoms with van der Waals surface area (Å²) in [6.07, 6.45) is 1.59. The average Bonchev–Trinajstić information content (AvgIpc) is 2.85. The van der Waals surface area contributed by atoms with Crippen LogP contribution in [0.3, 0.4) is 0 Å². The third-order valence-electron chi connectivity index (χ3n) is 6.38. The van der Waals surface area contributed by atoms with E-state index in [-0.39, 0.29) is 5.75 Å². The van der Waals surface area contributed by atoms with Gasteiger partial charge in [-0.3, -0.25) is 9.78 Å². The van der Waals surface area contributed by atoms with E-state index in [2.05, 4.69) is 36.2 Å². The fourth-order valence-corrected chi connectivity index (χ4v) is 4.64. The highest BCUT2D eigenvalue weighted by Gasteiger charge is 2.32. The molecule has 0 saturated carbocycles. The third-order valence-corrected chi connectivity index (χ3v) is 6.38. The standard InChI is InChI=1S/C30H26N2O3/c1-18-9-11-20(12-10-18)21-13-14-27-25(16-21)29(28(30(31)34)19(2)35-27)23-7-5-8-26(33)24(23)17-22-6-3-4-15-32-22/h3-16,19,33H,17H2,1-2H3,(H2,31,34). The Morgan fingerprint density at radius 3 is 2.46 bits per heavy atom. The molecule has 174 valence electrons. The van der Waals surface area contributed by atoms with Crippen molar-refractivity contribution in [1.29, 1.82) is 0 Å². The van der Waals surface area contributed by atoms with E-state index in [4.69, 9.17) is 10.5 Å². The van der Waals surface area contributed by atoms with Crippen molar-refractivity contribution in [3.63, 3.8) is 0 Å². The van der Waals surface area contributed by atoms with Crippen LogP contribution in [0.2, 0.25) is 0 Å². The fraction of sp³-hybridized carbons (Fsp3) is 0.133. The molecule has 1 unspecified atom stereocenters. The minimum atomic E-state index is -0.550. The first-order valence-corrected chi connectivity index (χ1v) is 11.6. The van der Waals surface area contributed by atoms with Crippen LogP contribution in [0.25, 0.3) is 16.7 Å². The summed E-state index contributed by atoms with van der Waals surface area (Å²) in [7, 11) is 0. The number of phenols is 1. The zero-order valence-electron chi connectivity index (χ0n) is 19.7. The number of phenolic OH excluding ortho intramolecular Hbond substituents is 1. The molecule has 0 aliphatic carbocycles. The SMILES string of the molecule is Cc1ccc(-c2ccc3c(c2)C(c2cccc(O)c2Cc2ccccn2)=C(C(N)=O)C(C)O3)cc1. The highest BCUT2D eigenvalue weighted by molar-refractivity contribution is 6.07. The van der Waals surface area contributed by atoms with E-state index < -0.39 is 12.0 Å². The van der Waals surface area contributed by atoms with Crippen LogP contribution >= 0.6 is 0 Å². The van der Waals surface area contributed by atoms with Gasteiger partial charge in [-0.1, -0.05) is 54.1 Å². The zero-order valence-corrected chi connectivity index (χ0v) is 19.7. The number of carbonyl (C=O) groups is 1. The molecule has 3 aromatic carbocycles. The molecule has 1 amide bonds. The maximum absolute atomic E-state index is 12.7. The van der Waals surface area contributed by atoms with Gasteiger partial charge in [0.25, 0.3) is 0 Å². The van der Waals surface area contributed by atoms with E-state index in [1.165, 1.54) is 5.56 Å². The topological polar surface area (TPSA) is 85.4 Å². The Morgan fingerprint density at radius 2 is 1.74 bits per heavy atom. The lowest BCUT2D eigenvalue weighted by Crippen LogP contribution is -2.31. The van der Waals surface area contributed by atoms with E-state index >= 15 is 0 Å². The predicted molar refractivity (Wildman–Crippen MR) is 137 cm³/mol. The second-order valence-corrected chi connectivity index (χ2v) is 8.79. The van der Waals surface area contributed by atoms with Crippen molar-refractivity contribution in [2.45, 2.75) is 26.4 Å². The fourth-order valence-electron chi connectivity index (χ4n) is 4.64. The number of aromatic nitrogens is 1. The minimum absolute atomic E-state index is 0.139. The van der Waals surface area contributed by atoms with E-state index in [1.807, 2.05) is 49.4 Å². The number of nitrogens with two attached hydrogens (primary N) is 1. The summed E-state index contributed by atoms with van der Waals surface area (Å²) in [5, 5.41) is 10.9. The van der Waals surface area contributed by atoms with E-state index in [1.54, 1.807) is 18.3 Å². The summed E-state index contributed by atoms with van der Waals surface area (Å²) < 4.78 is 6.12. The molecule has 0 radical (unpaired) electrons. The Morgan fingerprint density at radius 1 is 0.971 bits per heavy atom. The number of aryl methyl sites for hydroxylation is 1. The van der Waals surface area contributed by atoms with E-state index in [0.29, 0.717) is 28.9 Å². The number of rotatable bonds is 5. The lowest BCUT2D eigenvalue weighted by atomic mass is 9.83. The predicted octanol–water partition coefficient (Wildman–Crippen LogP) is 5.42. The Balaban J connectivity index is 1.74. The molecule has 3 N–H and O–H groups in total. The monoisotopic (exact) mass is 462 g/mol. The van der Waals surface area contributed by atoms with Crippen molar-refractivity contribution in [3.05, 3.63) is 119 Å². The van der Waals surface area contributed by atoms with Crippen molar-refractivity contribution < 1.29 is 14.6 Å². The van der Waals surface area contributed by atoms with Gasteiger partial charge in [0.15, 0.2) is 0 Å². The summed E-state index contributed by atoms with van der Waals surface area (Å²) >= 11 is 0. The minimum Gasteiger partial charge on any atom is -0.508 e. The average molecular weight is 463 g/mol.